The average Bonchev–Trinajstić information content (AvgIpc) is 3.07. The minimum Gasteiger partial charge on any atom is -0.480 e. The molecule has 5 nitrogen and oxygen atoms in total. The van der Waals surface area contributed by atoms with E-state index in [1.807, 2.05) is 13.8 Å². The van der Waals surface area contributed by atoms with Crippen molar-refractivity contribution in [2.24, 2.45) is 0 Å². The second kappa shape index (κ2) is 6.00. The Morgan fingerprint density at radius 2 is 2.00 bits per heavy atom. The zero-order valence-electron chi connectivity index (χ0n) is 10.8. The first-order valence-electron chi connectivity index (χ1n) is 6.23. The largest absolute Gasteiger partial charge is 0.480 e. The highest BCUT2D eigenvalue weighted by Gasteiger charge is 2.30. The standard InChI is InChI=1S/C12H22N2O3/c1-4-8(2)14(7-11(15)16)9(3)12(17)13-10-5-6-10/h8-10H,4-7H2,1-3H3,(H,13,17)(H,15,16). The number of hydrogen-bond donors (Lipinski definition) is 2. The summed E-state index contributed by atoms with van der Waals surface area (Å²) in [5.74, 6) is -0.953. The van der Waals surface area contributed by atoms with Gasteiger partial charge in [-0.2, -0.15) is 0 Å². The lowest BCUT2D eigenvalue weighted by molar-refractivity contribution is -0.140. The maximum absolute atomic E-state index is 11.9. The number of nitrogens with one attached hydrogen (secondary N) is 1. The summed E-state index contributed by atoms with van der Waals surface area (Å²) in [6.07, 6.45) is 2.91. The van der Waals surface area contributed by atoms with Crippen molar-refractivity contribution in [1.29, 1.82) is 0 Å². The molecule has 0 heterocycles. The van der Waals surface area contributed by atoms with Gasteiger partial charge in [0.2, 0.25) is 5.91 Å². The van der Waals surface area contributed by atoms with Crippen LogP contribution in [0, 0.1) is 0 Å². The average molecular weight is 242 g/mol. The number of rotatable bonds is 7. The van der Waals surface area contributed by atoms with Gasteiger partial charge in [-0.25, -0.2) is 0 Å². The van der Waals surface area contributed by atoms with E-state index < -0.39 is 5.97 Å². The van der Waals surface area contributed by atoms with E-state index in [1.165, 1.54) is 0 Å². The molecule has 1 aliphatic carbocycles. The number of nitrogens with zero attached hydrogens (tertiary/aromatic N) is 1. The molecular formula is C12H22N2O3. The van der Waals surface area contributed by atoms with Crippen LogP contribution in [0.2, 0.25) is 0 Å². The van der Waals surface area contributed by atoms with E-state index in [4.69, 9.17) is 5.11 Å². The molecule has 2 atom stereocenters. The summed E-state index contributed by atoms with van der Waals surface area (Å²) in [6, 6.07) is 0.0151. The summed E-state index contributed by atoms with van der Waals surface area (Å²) in [7, 11) is 0. The zero-order valence-corrected chi connectivity index (χ0v) is 10.8. The first kappa shape index (κ1) is 14.0. The molecule has 0 aliphatic heterocycles. The fourth-order valence-electron chi connectivity index (χ4n) is 1.77. The summed E-state index contributed by atoms with van der Waals surface area (Å²) < 4.78 is 0. The molecule has 0 saturated heterocycles. The normalized spacial score (nSPS) is 18.8. The fraction of sp³-hybridized carbons (Fsp3) is 0.833. The van der Waals surface area contributed by atoms with Gasteiger partial charge >= 0.3 is 5.97 Å². The lowest BCUT2D eigenvalue weighted by Gasteiger charge is -2.31. The Morgan fingerprint density at radius 1 is 1.41 bits per heavy atom. The minimum absolute atomic E-state index is 0.0611. The number of carbonyl (C=O) groups is 2. The molecule has 98 valence electrons. The van der Waals surface area contributed by atoms with Crippen LogP contribution in [0.25, 0.3) is 0 Å². The molecule has 0 spiro atoms. The van der Waals surface area contributed by atoms with Crippen LogP contribution in [-0.4, -0.2) is 46.6 Å². The third-order valence-corrected chi connectivity index (χ3v) is 3.28. The van der Waals surface area contributed by atoms with E-state index in [0.29, 0.717) is 6.04 Å². The molecule has 1 aliphatic rings. The first-order chi connectivity index (χ1) is 7.95. The van der Waals surface area contributed by atoms with Crippen LogP contribution in [0.15, 0.2) is 0 Å². The molecule has 0 aromatic heterocycles. The van der Waals surface area contributed by atoms with E-state index in [9.17, 15) is 9.59 Å². The molecule has 1 rings (SSSR count). The zero-order chi connectivity index (χ0) is 13.0. The number of carboxylic acids is 1. The van der Waals surface area contributed by atoms with Gasteiger partial charge in [0, 0.05) is 12.1 Å². The molecule has 1 saturated carbocycles. The highest BCUT2D eigenvalue weighted by Crippen LogP contribution is 2.19. The quantitative estimate of drug-likeness (QED) is 0.694. The van der Waals surface area contributed by atoms with Gasteiger partial charge in [0.25, 0.3) is 0 Å². The van der Waals surface area contributed by atoms with E-state index in [1.54, 1.807) is 11.8 Å². The van der Waals surface area contributed by atoms with Crippen molar-refractivity contribution in [3.8, 4) is 0 Å². The van der Waals surface area contributed by atoms with Crippen LogP contribution in [0.4, 0.5) is 0 Å². The Kier molecular flexibility index (Phi) is 4.93. The van der Waals surface area contributed by atoms with Crippen molar-refractivity contribution in [3.63, 3.8) is 0 Å². The van der Waals surface area contributed by atoms with Crippen molar-refractivity contribution in [1.82, 2.24) is 10.2 Å². The lowest BCUT2D eigenvalue weighted by Crippen LogP contribution is -2.51. The van der Waals surface area contributed by atoms with E-state index >= 15 is 0 Å². The number of carbonyl (C=O) groups excluding carboxylic acids is 1. The molecule has 0 aromatic carbocycles. The molecule has 0 bridgehead atoms. The first-order valence-corrected chi connectivity index (χ1v) is 6.23. The van der Waals surface area contributed by atoms with E-state index in [0.717, 1.165) is 19.3 Å². The Labute approximate surface area is 102 Å². The van der Waals surface area contributed by atoms with Crippen LogP contribution in [0.3, 0.4) is 0 Å². The maximum atomic E-state index is 11.9. The molecule has 0 radical (unpaired) electrons. The van der Waals surface area contributed by atoms with Crippen molar-refractivity contribution in [3.05, 3.63) is 0 Å². The number of carboxylic acid groups (broad SMARTS) is 1. The Bertz CT molecular complexity index is 289. The van der Waals surface area contributed by atoms with Crippen LogP contribution < -0.4 is 5.32 Å². The minimum atomic E-state index is -0.892. The molecule has 1 fully saturated rings. The summed E-state index contributed by atoms with van der Waals surface area (Å²) in [5.41, 5.74) is 0. The molecule has 5 heteroatoms. The van der Waals surface area contributed by atoms with Crippen LogP contribution in [-0.2, 0) is 9.59 Å². The van der Waals surface area contributed by atoms with Gasteiger partial charge in [-0.3, -0.25) is 14.5 Å². The SMILES string of the molecule is CCC(C)N(CC(=O)O)C(C)C(=O)NC1CC1. The van der Waals surface area contributed by atoms with E-state index in [2.05, 4.69) is 5.32 Å². The third kappa shape index (κ3) is 4.34. The van der Waals surface area contributed by atoms with Crippen LogP contribution in [0.1, 0.15) is 40.0 Å². The maximum Gasteiger partial charge on any atom is 0.317 e. The van der Waals surface area contributed by atoms with Gasteiger partial charge in [-0.15, -0.1) is 0 Å². The van der Waals surface area contributed by atoms with Gasteiger partial charge < -0.3 is 10.4 Å². The topological polar surface area (TPSA) is 69.6 Å². The monoisotopic (exact) mass is 242 g/mol. The van der Waals surface area contributed by atoms with Crippen molar-refractivity contribution < 1.29 is 14.7 Å². The summed E-state index contributed by atoms with van der Waals surface area (Å²) in [6.45, 7) is 5.62. The smallest absolute Gasteiger partial charge is 0.317 e. The second-order valence-electron chi connectivity index (χ2n) is 4.78. The predicted octanol–water partition coefficient (Wildman–Crippen LogP) is 0.839. The molecule has 1 amide bonds. The van der Waals surface area contributed by atoms with Gasteiger partial charge in [-0.05, 0) is 33.1 Å². The fourth-order valence-corrected chi connectivity index (χ4v) is 1.77. The summed E-state index contributed by atoms with van der Waals surface area (Å²) >= 11 is 0. The number of hydrogen-bond acceptors (Lipinski definition) is 3. The van der Waals surface area contributed by atoms with E-state index in [-0.39, 0.29) is 24.5 Å². The van der Waals surface area contributed by atoms with Gasteiger partial charge in [0.05, 0.1) is 12.6 Å². The van der Waals surface area contributed by atoms with Crippen molar-refractivity contribution >= 4 is 11.9 Å². The molecule has 2 N–H and O–H groups in total. The predicted molar refractivity (Wildman–Crippen MR) is 64.7 cm³/mol. The van der Waals surface area contributed by atoms with Crippen molar-refractivity contribution in [2.45, 2.75) is 58.2 Å². The highest BCUT2D eigenvalue weighted by atomic mass is 16.4. The summed E-state index contributed by atoms with van der Waals surface area (Å²) in [5, 5.41) is 11.8. The van der Waals surface area contributed by atoms with Gasteiger partial charge in [0.1, 0.15) is 0 Å². The van der Waals surface area contributed by atoms with Crippen LogP contribution >= 0.6 is 0 Å². The third-order valence-electron chi connectivity index (χ3n) is 3.28. The molecular weight excluding hydrogens is 220 g/mol. The van der Waals surface area contributed by atoms with Gasteiger partial charge in [-0.1, -0.05) is 6.92 Å². The lowest BCUT2D eigenvalue weighted by atomic mass is 10.1. The number of aliphatic carboxylic acids is 1. The van der Waals surface area contributed by atoms with Crippen molar-refractivity contribution in [2.75, 3.05) is 6.54 Å². The summed E-state index contributed by atoms with van der Waals surface area (Å²) in [4.78, 5) is 24.4. The number of amides is 1. The molecule has 17 heavy (non-hydrogen) atoms. The second-order valence-corrected chi connectivity index (χ2v) is 4.78. The van der Waals surface area contributed by atoms with Gasteiger partial charge in [0.15, 0.2) is 0 Å². The Hall–Kier alpha value is -1.10. The molecule has 0 aromatic rings. The molecule has 2 unspecified atom stereocenters. The Morgan fingerprint density at radius 3 is 2.41 bits per heavy atom. The highest BCUT2D eigenvalue weighted by molar-refractivity contribution is 5.82. The van der Waals surface area contributed by atoms with Crippen LogP contribution in [0.5, 0.6) is 0 Å². The Balaban J connectivity index is 2.59.